The summed E-state index contributed by atoms with van der Waals surface area (Å²) in [7, 11) is 3.15. The second kappa shape index (κ2) is 11.5. The zero-order valence-electron chi connectivity index (χ0n) is 20.9. The zero-order chi connectivity index (χ0) is 25.7. The molecule has 2 aliphatic heterocycles. The third-order valence-electron chi connectivity index (χ3n) is 6.63. The highest BCUT2D eigenvalue weighted by Gasteiger charge is 2.36. The highest BCUT2D eigenvalue weighted by atomic mass is 19.1. The fourth-order valence-electron chi connectivity index (χ4n) is 4.81. The van der Waals surface area contributed by atoms with E-state index in [1.807, 2.05) is 17.0 Å². The summed E-state index contributed by atoms with van der Waals surface area (Å²) in [5, 5.41) is 6.18. The van der Waals surface area contributed by atoms with Crippen molar-refractivity contribution < 1.29 is 28.2 Å². The van der Waals surface area contributed by atoms with E-state index in [-0.39, 0.29) is 30.2 Å². The summed E-state index contributed by atoms with van der Waals surface area (Å²) < 4.78 is 29.7. The lowest BCUT2D eigenvalue weighted by molar-refractivity contribution is -0.150. The van der Waals surface area contributed by atoms with Gasteiger partial charge in [0.25, 0.3) is 5.91 Å². The molecule has 2 aromatic rings. The quantitative estimate of drug-likeness (QED) is 0.516. The van der Waals surface area contributed by atoms with Crippen LogP contribution >= 0.6 is 0 Å². The number of benzene rings is 2. The Hall–Kier alpha value is -3.46. The molecule has 0 aromatic heterocycles. The number of hydrazone groups is 1. The van der Waals surface area contributed by atoms with Crippen LogP contribution in [0.5, 0.6) is 11.5 Å². The average Bonchev–Trinajstić information content (AvgIpc) is 3.34. The monoisotopic (exact) mass is 497 g/mol. The Balaban J connectivity index is 1.59. The van der Waals surface area contributed by atoms with E-state index in [1.165, 1.54) is 17.1 Å². The third kappa shape index (κ3) is 5.67. The number of rotatable bonds is 8. The molecule has 192 valence electrons. The van der Waals surface area contributed by atoms with Gasteiger partial charge in [0, 0.05) is 24.6 Å². The average molecular weight is 498 g/mol. The van der Waals surface area contributed by atoms with Gasteiger partial charge in [0.15, 0.2) is 0 Å². The third-order valence-corrected chi connectivity index (χ3v) is 6.63. The Labute approximate surface area is 210 Å². The van der Waals surface area contributed by atoms with Crippen molar-refractivity contribution in [3.05, 3.63) is 59.4 Å². The summed E-state index contributed by atoms with van der Waals surface area (Å²) >= 11 is 0. The van der Waals surface area contributed by atoms with Gasteiger partial charge in [-0.2, -0.15) is 5.10 Å². The van der Waals surface area contributed by atoms with Crippen molar-refractivity contribution in [1.29, 1.82) is 0 Å². The van der Waals surface area contributed by atoms with Crippen molar-refractivity contribution in [2.75, 3.05) is 40.5 Å². The highest BCUT2D eigenvalue weighted by Crippen LogP contribution is 2.39. The number of piperidine rings is 1. The van der Waals surface area contributed by atoms with E-state index in [2.05, 4.69) is 5.10 Å². The van der Waals surface area contributed by atoms with Gasteiger partial charge in [-0.25, -0.2) is 9.40 Å². The lowest BCUT2D eigenvalue weighted by Gasteiger charge is -2.32. The summed E-state index contributed by atoms with van der Waals surface area (Å²) in [5.74, 6) is 0.269. The SMILES string of the molecule is CCOC(=O)[C@@H]1CCCN(CC(=O)N2N=C(c3ccc(F)cc3)C[C@@H]2c2ccc(OC)cc2OC)C1. The first kappa shape index (κ1) is 25.6. The number of halogens is 1. The molecule has 2 atom stereocenters. The molecule has 0 bridgehead atoms. The van der Waals surface area contributed by atoms with Crippen molar-refractivity contribution in [1.82, 2.24) is 9.91 Å². The van der Waals surface area contributed by atoms with Crippen LogP contribution in [-0.2, 0) is 14.3 Å². The highest BCUT2D eigenvalue weighted by molar-refractivity contribution is 6.03. The van der Waals surface area contributed by atoms with Crippen LogP contribution in [0.3, 0.4) is 0 Å². The molecular weight excluding hydrogens is 465 g/mol. The van der Waals surface area contributed by atoms with E-state index >= 15 is 0 Å². The number of carbonyl (C=O) groups excluding carboxylic acids is 2. The normalized spacial score (nSPS) is 20.1. The van der Waals surface area contributed by atoms with Crippen LogP contribution in [0.4, 0.5) is 4.39 Å². The lowest BCUT2D eigenvalue weighted by Crippen LogP contribution is -2.44. The van der Waals surface area contributed by atoms with Gasteiger partial charge in [0.2, 0.25) is 0 Å². The van der Waals surface area contributed by atoms with Crippen LogP contribution in [0.2, 0.25) is 0 Å². The molecule has 0 N–H and O–H groups in total. The van der Waals surface area contributed by atoms with E-state index in [4.69, 9.17) is 14.2 Å². The van der Waals surface area contributed by atoms with E-state index < -0.39 is 6.04 Å². The van der Waals surface area contributed by atoms with Crippen LogP contribution in [0, 0.1) is 11.7 Å². The molecule has 0 radical (unpaired) electrons. The van der Waals surface area contributed by atoms with Crippen LogP contribution in [0.25, 0.3) is 0 Å². The molecule has 36 heavy (non-hydrogen) atoms. The fourth-order valence-corrected chi connectivity index (χ4v) is 4.81. The van der Waals surface area contributed by atoms with Crippen molar-refractivity contribution in [3.8, 4) is 11.5 Å². The van der Waals surface area contributed by atoms with Crippen LogP contribution in [0.15, 0.2) is 47.6 Å². The maximum Gasteiger partial charge on any atom is 0.310 e. The zero-order valence-corrected chi connectivity index (χ0v) is 20.9. The molecule has 0 unspecified atom stereocenters. The van der Waals surface area contributed by atoms with E-state index in [9.17, 15) is 14.0 Å². The molecule has 8 nitrogen and oxygen atoms in total. The van der Waals surface area contributed by atoms with Gasteiger partial charge in [0.05, 0.1) is 45.0 Å². The maximum atomic E-state index is 13.6. The number of hydrogen-bond donors (Lipinski definition) is 0. The minimum absolute atomic E-state index is 0.130. The number of methoxy groups -OCH3 is 2. The Kier molecular flexibility index (Phi) is 8.20. The van der Waals surface area contributed by atoms with Crippen LogP contribution in [0.1, 0.15) is 43.4 Å². The second-order valence-corrected chi connectivity index (χ2v) is 8.95. The van der Waals surface area contributed by atoms with Crippen molar-refractivity contribution in [2.24, 2.45) is 11.0 Å². The summed E-state index contributed by atoms with van der Waals surface area (Å²) in [6, 6.07) is 11.2. The minimum atomic E-state index is -0.399. The molecule has 1 saturated heterocycles. The van der Waals surface area contributed by atoms with Gasteiger partial charge in [-0.1, -0.05) is 12.1 Å². The molecule has 2 heterocycles. The predicted molar refractivity (Wildman–Crippen MR) is 132 cm³/mol. The molecule has 1 fully saturated rings. The molecule has 2 aromatic carbocycles. The summed E-state index contributed by atoms with van der Waals surface area (Å²) in [5.41, 5.74) is 2.24. The molecule has 0 aliphatic carbocycles. The van der Waals surface area contributed by atoms with Gasteiger partial charge in [-0.3, -0.25) is 14.5 Å². The van der Waals surface area contributed by atoms with E-state index in [1.54, 1.807) is 39.3 Å². The number of likely N-dealkylation sites (tertiary alicyclic amines) is 1. The molecule has 9 heteroatoms. The number of amides is 1. The summed E-state index contributed by atoms with van der Waals surface area (Å²) in [4.78, 5) is 27.8. The summed E-state index contributed by atoms with van der Waals surface area (Å²) in [6.45, 7) is 3.46. The van der Waals surface area contributed by atoms with E-state index in [0.29, 0.717) is 36.8 Å². The number of carbonyl (C=O) groups is 2. The fraction of sp³-hybridized carbons (Fsp3) is 0.444. The Bertz CT molecular complexity index is 1120. The predicted octanol–water partition coefficient (Wildman–Crippen LogP) is 3.80. The largest absolute Gasteiger partial charge is 0.497 e. The molecule has 0 spiro atoms. The minimum Gasteiger partial charge on any atom is -0.497 e. The Morgan fingerprint density at radius 1 is 1.11 bits per heavy atom. The standard InChI is InChI=1S/C27H32FN3O5/c1-4-36-27(33)19-6-5-13-30(16-19)17-26(32)31-24(22-12-11-21(34-2)14-25(22)35-3)15-23(29-31)18-7-9-20(28)10-8-18/h7-12,14,19,24H,4-6,13,15-17H2,1-3H3/t19-,24-/m1/s1. The first-order valence-electron chi connectivity index (χ1n) is 12.2. The maximum absolute atomic E-state index is 13.6. The van der Waals surface area contributed by atoms with Gasteiger partial charge in [0.1, 0.15) is 17.3 Å². The molecule has 0 saturated carbocycles. The van der Waals surface area contributed by atoms with Gasteiger partial charge >= 0.3 is 5.97 Å². The second-order valence-electron chi connectivity index (χ2n) is 8.95. The van der Waals surface area contributed by atoms with Gasteiger partial charge in [-0.05, 0) is 56.1 Å². The lowest BCUT2D eigenvalue weighted by atomic mass is 9.97. The molecular formula is C27H32FN3O5. The number of nitrogens with zero attached hydrogens (tertiary/aromatic N) is 3. The van der Waals surface area contributed by atoms with E-state index in [0.717, 1.165) is 30.5 Å². The molecule has 4 rings (SSSR count). The van der Waals surface area contributed by atoms with Crippen molar-refractivity contribution >= 4 is 17.6 Å². The number of ether oxygens (including phenoxy) is 3. The van der Waals surface area contributed by atoms with Crippen LogP contribution in [-0.4, -0.2) is 68.0 Å². The smallest absolute Gasteiger partial charge is 0.310 e. The molecule has 2 aliphatic rings. The number of hydrogen-bond acceptors (Lipinski definition) is 7. The number of esters is 1. The first-order valence-corrected chi connectivity index (χ1v) is 12.2. The first-order chi connectivity index (χ1) is 17.4. The van der Waals surface area contributed by atoms with Gasteiger partial charge < -0.3 is 14.2 Å². The van der Waals surface area contributed by atoms with Crippen LogP contribution < -0.4 is 9.47 Å². The summed E-state index contributed by atoms with van der Waals surface area (Å²) in [6.07, 6.45) is 2.02. The van der Waals surface area contributed by atoms with Gasteiger partial charge in [-0.15, -0.1) is 0 Å². The Morgan fingerprint density at radius 3 is 2.58 bits per heavy atom. The van der Waals surface area contributed by atoms with Crippen molar-refractivity contribution in [2.45, 2.75) is 32.2 Å². The van der Waals surface area contributed by atoms with Crippen molar-refractivity contribution in [3.63, 3.8) is 0 Å². The topological polar surface area (TPSA) is 80.7 Å². The Morgan fingerprint density at radius 2 is 1.89 bits per heavy atom. The molecule has 1 amide bonds.